The van der Waals surface area contributed by atoms with Gasteiger partial charge in [0.2, 0.25) is 10.0 Å². The molecule has 7 nitrogen and oxygen atoms in total. The second kappa shape index (κ2) is 5.81. The number of carbonyl (C=O) groups is 1. The van der Waals surface area contributed by atoms with Gasteiger partial charge in [0.1, 0.15) is 16.3 Å². The molecule has 0 fully saturated rings. The van der Waals surface area contributed by atoms with Gasteiger partial charge >= 0.3 is 5.97 Å². The summed E-state index contributed by atoms with van der Waals surface area (Å²) in [5.41, 5.74) is 0.855. The molecule has 0 saturated heterocycles. The quantitative estimate of drug-likeness (QED) is 0.847. The monoisotopic (exact) mass is 315 g/mol. The average Bonchev–Trinajstić information content (AvgIpc) is 2.85. The lowest BCUT2D eigenvalue weighted by atomic mass is 10.1. The minimum absolute atomic E-state index is 0.0593. The van der Waals surface area contributed by atoms with Gasteiger partial charge in [0.05, 0.1) is 17.3 Å². The molecule has 9 heteroatoms. The summed E-state index contributed by atoms with van der Waals surface area (Å²) in [7, 11) is -3.72. The van der Waals surface area contributed by atoms with E-state index >= 15 is 0 Å². The fourth-order valence-electron chi connectivity index (χ4n) is 1.61. The largest absolute Gasteiger partial charge is 0.481 e. The van der Waals surface area contributed by atoms with Crippen LogP contribution in [0.5, 0.6) is 0 Å². The molecule has 2 rings (SSSR count). The van der Waals surface area contributed by atoms with Crippen molar-refractivity contribution < 1.29 is 18.3 Å². The molecular formula is C11H13N3O4S2. The highest BCUT2D eigenvalue weighted by Crippen LogP contribution is 2.37. The first-order valence-electron chi connectivity index (χ1n) is 5.85. The highest BCUT2D eigenvalue weighted by molar-refractivity contribution is 7.89. The third-order valence-electron chi connectivity index (χ3n) is 2.83. The van der Waals surface area contributed by atoms with E-state index in [4.69, 9.17) is 5.11 Å². The van der Waals surface area contributed by atoms with E-state index in [1.807, 2.05) is 0 Å². The van der Waals surface area contributed by atoms with Crippen molar-refractivity contribution >= 4 is 38.7 Å². The first kappa shape index (κ1) is 14.8. The number of aliphatic carboxylic acids is 1. The smallest absolute Gasteiger partial charge is 0.306 e. The van der Waals surface area contributed by atoms with Gasteiger partial charge in [-0.1, -0.05) is 13.0 Å². The molecule has 1 aliphatic heterocycles. The Labute approximate surface area is 120 Å². The number of hydrogen-bond acceptors (Lipinski definition) is 5. The molecule has 2 N–H and O–H groups in total. The van der Waals surface area contributed by atoms with E-state index in [-0.39, 0.29) is 17.9 Å². The van der Waals surface area contributed by atoms with Gasteiger partial charge in [-0.15, -0.1) is 0 Å². The minimum Gasteiger partial charge on any atom is -0.481 e. The molecule has 1 heterocycles. The number of rotatable bonds is 6. The van der Waals surface area contributed by atoms with Gasteiger partial charge in [0.25, 0.3) is 0 Å². The van der Waals surface area contributed by atoms with Gasteiger partial charge in [0, 0.05) is 6.54 Å². The number of hydrogen-bond donors (Lipinski definition) is 2. The SMILES string of the molecule is CC(CCNS(=O)(=O)c1cccc2c1N=S=N2)C(=O)O. The fourth-order valence-corrected chi connectivity index (χ4v) is 3.42. The predicted molar refractivity (Wildman–Crippen MR) is 74.6 cm³/mol. The van der Waals surface area contributed by atoms with Crippen LogP contribution >= 0.6 is 0 Å². The Bertz CT molecular complexity index is 708. The topological polar surface area (TPSA) is 108 Å². The van der Waals surface area contributed by atoms with Gasteiger partial charge in [-0.25, -0.2) is 13.1 Å². The van der Waals surface area contributed by atoms with Crippen molar-refractivity contribution in [2.45, 2.75) is 18.2 Å². The molecule has 108 valence electrons. The van der Waals surface area contributed by atoms with E-state index in [0.717, 1.165) is 11.4 Å². The maximum atomic E-state index is 12.2. The molecular weight excluding hydrogens is 302 g/mol. The second-order valence-electron chi connectivity index (χ2n) is 4.31. The molecule has 0 spiro atoms. The van der Waals surface area contributed by atoms with E-state index in [1.165, 1.54) is 13.0 Å². The molecule has 1 aliphatic rings. The molecule has 1 aromatic rings. The number of sulfonamides is 1. The molecule has 1 atom stereocenters. The molecule has 0 bridgehead atoms. The summed E-state index contributed by atoms with van der Waals surface area (Å²) in [6.07, 6.45) is 0.222. The highest BCUT2D eigenvalue weighted by Gasteiger charge is 2.22. The number of carboxylic acids is 1. The van der Waals surface area contributed by atoms with Gasteiger partial charge in [0.15, 0.2) is 0 Å². The zero-order valence-corrected chi connectivity index (χ0v) is 12.2. The van der Waals surface area contributed by atoms with Crippen molar-refractivity contribution in [1.82, 2.24) is 4.72 Å². The zero-order valence-electron chi connectivity index (χ0n) is 10.6. The zero-order chi connectivity index (χ0) is 14.8. The van der Waals surface area contributed by atoms with Crippen LogP contribution in [0.1, 0.15) is 13.3 Å². The van der Waals surface area contributed by atoms with Crippen LogP contribution in [-0.4, -0.2) is 26.0 Å². The minimum atomic E-state index is -3.72. The molecule has 0 amide bonds. The Kier molecular flexibility index (Phi) is 4.31. The molecule has 0 aliphatic carbocycles. The van der Waals surface area contributed by atoms with Crippen LogP contribution in [0.2, 0.25) is 0 Å². The third kappa shape index (κ3) is 3.11. The summed E-state index contributed by atoms with van der Waals surface area (Å²) in [5, 5.41) is 8.75. The van der Waals surface area contributed by atoms with Crippen LogP contribution in [0.4, 0.5) is 11.4 Å². The lowest BCUT2D eigenvalue weighted by Crippen LogP contribution is -2.27. The molecule has 20 heavy (non-hydrogen) atoms. The number of nitrogens with zero attached hydrogens (tertiary/aromatic N) is 2. The van der Waals surface area contributed by atoms with E-state index in [1.54, 1.807) is 12.1 Å². The first-order chi connectivity index (χ1) is 9.42. The van der Waals surface area contributed by atoms with Crippen LogP contribution in [0.3, 0.4) is 0 Å². The number of carboxylic acid groups (broad SMARTS) is 1. The van der Waals surface area contributed by atoms with Gasteiger partial charge < -0.3 is 5.11 Å². The molecule has 1 unspecified atom stereocenters. The Balaban J connectivity index is 2.11. The van der Waals surface area contributed by atoms with Crippen LogP contribution in [0.25, 0.3) is 0 Å². The van der Waals surface area contributed by atoms with Crippen LogP contribution < -0.4 is 4.72 Å². The molecule has 0 radical (unpaired) electrons. The van der Waals surface area contributed by atoms with Crippen LogP contribution in [-0.2, 0) is 26.2 Å². The van der Waals surface area contributed by atoms with Crippen molar-refractivity contribution in [1.29, 1.82) is 0 Å². The van der Waals surface area contributed by atoms with E-state index in [9.17, 15) is 13.2 Å². The summed E-state index contributed by atoms with van der Waals surface area (Å²) in [6, 6.07) is 4.73. The normalized spacial score (nSPS) is 14.7. The van der Waals surface area contributed by atoms with Crippen LogP contribution in [0.15, 0.2) is 31.8 Å². The standard InChI is InChI=1S/C11H13N3O4S2/c1-7(11(15)16)5-6-12-20(17,18)9-4-2-3-8-10(9)14-19-13-8/h2-4,7,12H,5-6H2,1H3,(H,15,16). The summed E-state index contributed by atoms with van der Waals surface area (Å²) >= 11 is 0.946. The molecule has 1 aromatic carbocycles. The van der Waals surface area contributed by atoms with E-state index in [0.29, 0.717) is 11.4 Å². The summed E-state index contributed by atoms with van der Waals surface area (Å²) in [6.45, 7) is 1.59. The maximum absolute atomic E-state index is 12.2. The van der Waals surface area contributed by atoms with Gasteiger partial charge in [-0.3, -0.25) is 4.79 Å². The number of benzene rings is 1. The van der Waals surface area contributed by atoms with Gasteiger partial charge in [-0.05, 0) is 18.6 Å². The fraction of sp³-hybridized carbons (Fsp3) is 0.364. The lowest BCUT2D eigenvalue weighted by Gasteiger charge is -2.10. The van der Waals surface area contributed by atoms with Crippen molar-refractivity contribution in [2.75, 3.05) is 6.54 Å². The van der Waals surface area contributed by atoms with E-state index < -0.39 is 21.9 Å². The first-order valence-corrected chi connectivity index (χ1v) is 8.07. The van der Waals surface area contributed by atoms with E-state index in [2.05, 4.69) is 13.4 Å². The average molecular weight is 315 g/mol. The second-order valence-corrected chi connectivity index (χ2v) is 6.58. The lowest BCUT2D eigenvalue weighted by molar-refractivity contribution is -0.141. The van der Waals surface area contributed by atoms with Crippen LogP contribution in [0, 0.1) is 5.92 Å². The Morgan fingerprint density at radius 1 is 1.45 bits per heavy atom. The highest BCUT2D eigenvalue weighted by atomic mass is 32.2. The Morgan fingerprint density at radius 2 is 2.20 bits per heavy atom. The van der Waals surface area contributed by atoms with Crippen molar-refractivity contribution in [3.8, 4) is 0 Å². The number of fused-ring (bicyclic) bond motifs is 1. The molecule has 0 saturated carbocycles. The summed E-state index contributed by atoms with van der Waals surface area (Å²) in [4.78, 5) is 10.7. The number of nitrogens with one attached hydrogen (secondary N) is 1. The Morgan fingerprint density at radius 3 is 2.90 bits per heavy atom. The summed E-state index contributed by atoms with van der Waals surface area (Å²) < 4.78 is 34.7. The van der Waals surface area contributed by atoms with Crippen molar-refractivity contribution in [2.24, 2.45) is 14.6 Å². The summed E-state index contributed by atoms with van der Waals surface area (Å²) in [5.74, 6) is -1.55. The van der Waals surface area contributed by atoms with Crippen molar-refractivity contribution in [3.05, 3.63) is 18.2 Å². The van der Waals surface area contributed by atoms with Crippen molar-refractivity contribution in [3.63, 3.8) is 0 Å². The third-order valence-corrected chi connectivity index (χ3v) is 4.86. The van der Waals surface area contributed by atoms with Gasteiger partial charge in [-0.2, -0.15) is 8.73 Å². The predicted octanol–water partition coefficient (Wildman–Crippen LogP) is 1.80. The molecule has 0 aromatic heterocycles. The maximum Gasteiger partial charge on any atom is 0.306 e. The Hall–Kier alpha value is -1.58.